The van der Waals surface area contributed by atoms with Crippen LogP contribution in [-0.2, 0) is 0 Å². The standard InChI is InChI=1S/C35H21N3O2S/c39-33-27-19-22(35-36-17-8-18-37-35)15-16-30(27)40-31-20-26-25-13-7-14-29(34(25)41-32(26)21-28(31)33)38(23-9-3-1-4-10-23)24-11-5-2-6-12-24/h1-21H. The molecular formula is C35H21N3O2S. The maximum atomic E-state index is 13.8. The van der Waals surface area contributed by atoms with Crippen LogP contribution >= 0.6 is 11.3 Å². The quantitative estimate of drug-likeness (QED) is 0.206. The zero-order valence-electron chi connectivity index (χ0n) is 21.7. The lowest BCUT2D eigenvalue weighted by atomic mass is 10.1. The number of thiophene rings is 1. The van der Waals surface area contributed by atoms with Crippen molar-refractivity contribution >= 4 is 70.5 Å². The minimum atomic E-state index is -0.0613. The third kappa shape index (κ3) is 3.88. The summed E-state index contributed by atoms with van der Waals surface area (Å²) >= 11 is 1.69. The number of hydrogen-bond donors (Lipinski definition) is 0. The van der Waals surface area contributed by atoms with E-state index in [1.54, 1.807) is 29.8 Å². The van der Waals surface area contributed by atoms with Crippen molar-refractivity contribution in [3.8, 4) is 11.4 Å². The zero-order chi connectivity index (χ0) is 27.3. The van der Waals surface area contributed by atoms with Crippen LogP contribution in [0, 0.1) is 0 Å². The number of rotatable bonds is 4. The van der Waals surface area contributed by atoms with Crippen LogP contribution in [0.4, 0.5) is 17.1 Å². The van der Waals surface area contributed by atoms with E-state index in [0.29, 0.717) is 27.8 Å². The van der Waals surface area contributed by atoms with E-state index in [9.17, 15) is 4.79 Å². The Morgan fingerprint density at radius 3 is 2.05 bits per heavy atom. The predicted octanol–water partition coefficient (Wildman–Crippen LogP) is 9.24. The monoisotopic (exact) mass is 547 g/mol. The van der Waals surface area contributed by atoms with E-state index < -0.39 is 0 Å². The molecule has 41 heavy (non-hydrogen) atoms. The third-order valence-electron chi connectivity index (χ3n) is 7.36. The van der Waals surface area contributed by atoms with Crippen LogP contribution in [0.1, 0.15) is 0 Å². The molecule has 6 heteroatoms. The molecule has 3 aromatic heterocycles. The van der Waals surface area contributed by atoms with Gasteiger partial charge in [0.05, 0.1) is 21.2 Å². The highest BCUT2D eigenvalue weighted by Gasteiger charge is 2.19. The average Bonchev–Trinajstić information content (AvgIpc) is 3.40. The van der Waals surface area contributed by atoms with Crippen LogP contribution in [0.5, 0.6) is 0 Å². The summed E-state index contributed by atoms with van der Waals surface area (Å²) in [5, 5.41) is 3.27. The van der Waals surface area contributed by atoms with Gasteiger partial charge in [-0.3, -0.25) is 4.79 Å². The molecule has 0 aliphatic rings. The maximum Gasteiger partial charge on any atom is 0.200 e. The fourth-order valence-corrected chi connectivity index (χ4v) is 6.70. The van der Waals surface area contributed by atoms with E-state index in [-0.39, 0.29) is 5.43 Å². The van der Waals surface area contributed by atoms with Crippen molar-refractivity contribution in [2.45, 2.75) is 0 Å². The zero-order valence-corrected chi connectivity index (χ0v) is 22.5. The number of benzene rings is 5. The molecule has 194 valence electrons. The van der Waals surface area contributed by atoms with Gasteiger partial charge in [0.2, 0.25) is 5.43 Å². The molecule has 0 aliphatic carbocycles. The molecule has 0 radical (unpaired) electrons. The van der Waals surface area contributed by atoms with E-state index in [0.717, 1.165) is 42.8 Å². The van der Waals surface area contributed by atoms with Crippen molar-refractivity contribution in [3.05, 3.63) is 138 Å². The van der Waals surface area contributed by atoms with Gasteiger partial charge < -0.3 is 9.32 Å². The SMILES string of the molecule is O=c1c2cc(-c3ncccn3)ccc2oc2cc3c(cc12)sc1c(N(c2ccccc2)c2ccccc2)cccc13. The lowest BCUT2D eigenvalue weighted by Gasteiger charge is -2.25. The van der Waals surface area contributed by atoms with Crippen molar-refractivity contribution in [1.82, 2.24) is 9.97 Å². The summed E-state index contributed by atoms with van der Waals surface area (Å²) in [5.41, 5.74) is 5.08. The van der Waals surface area contributed by atoms with Crippen LogP contribution in [-0.4, -0.2) is 9.97 Å². The molecule has 0 atom stereocenters. The Labute approximate surface area is 238 Å². The van der Waals surface area contributed by atoms with Crippen LogP contribution in [0.25, 0.3) is 53.5 Å². The second kappa shape index (κ2) is 9.40. The Hall–Kier alpha value is -5.33. The number of para-hydroxylation sites is 2. The van der Waals surface area contributed by atoms with Crippen molar-refractivity contribution in [1.29, 1.82) is 0 Å². The van der Waals surface area contributed by atoms with Gasteiger partial charge in [-0.05, 0) is 66.7 Å². The van der Waals surface area contributed by atoms with Gasteiger partial charge in [-0.2, -0.15) is 0 Å². The first-order valence-corrected chi connectivity index (χ1v) is 14.1. The molecular weight excluding hydrogens is 526 g/mol. The fourth-order valence-electron chi connectivity index (χ4n) is 5.48. The Balaban J connectivity index is 1.36. The fraction of sp³-hybridized carbons (Fsp3) is 0. The van der Waals surface area contributed by atoms with E-state index in [1.807, 2.05) is 42.5 Å². The summed E-state index contributed by atoms with van der Waals surface area (Å²) < 4.78 is 8.50. The molecule has 8 aromatic rings. The molecule has 0 N–H and O–H groups in total. The van der Waals surface area contributed by atoms with Crippen molar-refractivity contribution in [2.75, 3.05) is 4.90 Å². The van der Waals surface area contributed by atoms with Gasteiger partial charge in [-0.25, -0.2) is 9.97 Å². The summed E-state index contributed by atoms with van der Waals surface area (Å²) in [7, 11) is 0. The molecule has 5 nitrogen and oxygen atoms in total. The number of fused-ring (bicyclic) bond motifs is 5. The van der Waals surface area contributed by atoms with Crippen LogP contribution < -0.4 is 10.3 Å². The smallest absolute Gasteiger partial charge is 0.200 e. The number of anilines is 3. The van der Waals surface area contributed by atoms with Gasteiger partial charge in [0.15, 0.2) is 5.82 Å². The summed E-state index contributed by atoms with van der Waals surface area (Å²) in [6.45, 7) is 0. The van der Waals surface area contributed by atoms with Crippen molar-refractivity contribution < 1.29 is 4.42 Å². The Morgan fingerprint density at radius 1 is 0.610 bits per heavy atom. The lowest BCUT2D eigenvalue weighted by Crippen LogP contribution is -2.09. The van der Waals surface area contributed by atoms with Crippen molar-refractivity contribution in [2.24, 2.45) is 0 Å². The molecule has 0 spiro atoms. The molecule has 0 aliphatic heterocycles. The Bertz CT molecular complexity index is 2240. The molecule has 0 saturated heterocycles. The molecule has 8 rings (SSSR count). The minimum absolute atomic E-state index is 0.0613. The number of nitrogens with zero attached hydrogens (tertiary/aromatic N) is 3. The van der Waals surface area contributed by atoms with Crippen molar-refractivity contribution in [3.63, 3.8) is 0 Å². The van der Waals surface area contributed by atoms with E-state index >= 15 is 0 Å². The van der Waals surface area contributed by atoms with Crippen LogP contribution in [0.3, 0.4) is 0 Å². The van der Waals surface area contributed by atoms with Gasteiger partial charge in [-0.1, -0.05) is 48.5 Å². The Kier molecular flexibility index (Phi) is 5.40. The maximum absolute atomic E-state index is 13.8. The molecule has 0 fully saturated rings. The topological polar surface area (TPSA) is 59.2 Å². The minimum Gasteiger partial charge on any atom is -0.456 e. The molecule has 0 amide bonds. The van der Waals surface area contributed by atoms with Gasteiger partial charge in [0.25, 0.3) is 0 Å². The summed E-state index contributed by atoms with van der Waals surface area (Å²) in [5.74, 6) is 0.572. The molecule has 0 saturated carbocycles. The number of hydrogen-bond acceptors (Lipinski definition) is 6. The first kappa shape index (κ1) is 23.5. The van der Waals surface area contributed by atoms with Gasteiger partial charge in [-0.15, -0.1) is 11.3 Å². The van der Waals surface area contributed by atoms with E-state index in [2.05, 4.69) is 81.6 Å². The highest BCUT2D eigenvalue weighted by Crippen LogP contribution is 2.45. The molecule has 3 heterocycles. The highest BCUT2D eigenvalue weighted by molar-refractivity contribution is 7.26. The second-order valence-electron chi connectivity index (χ2n) is 9.82. The summed E-state index contributed by atoms with van der Waals surface area (Å²) in [6, 6.07) is 38.5. The normalized spacial score (nSPS) is 11.5. The first-order chi connectivity index (χ1) is 20.2. The van der Waals surface area contributed by atoms with Gasteiger partial charge in [0, 0.05) is 44.8 Å². The van der Waals surface area contributed by atoms with Crippen LogP contribution in [0.15, 0.2) is 137 Å². The Morgan fingerprint density at radius 2 is 1.32 bits per heavy atom. The predicted molar refractivity (Wildman–Crippen MR) is 169 cm³/mol. The third-order valence-corrected chi connectivity index (χ3v) is 8.55. The molecule has 0 bridgehead atoms. The largest absolute Gasteiger partial charge is 0.456 e. The molecule has 5 aromatic carbocycles. The molecule has 0 unspecified atom stereocenters. The highest BCUT2D eigenvalue weighted by atomic mass is 32.1. The van der Waals surface area contributed by atoms with Crippen LogP contribution in [0.2, 0.25) is 0 Å². The lowest BCUT2D eigenvalue weighted by molar-refractivity contribution is 0.660. The second-order valence-corrected chi connectivity index (χ2v) is 10.9. The van der Waals surface area contributed by atoms with E-state index in [4.69, 9.17) is 4.42 Å². The van der Waals surface area contributed by atoms with E-state index in [1.165, 1.54) is 0 Å². The van der Waals surface area contributed by atoms with Gasteiger partial charge in [0.1, 0.15) is 11.2 Å². The average molecular weight is 548 g/mol. The van der Waals surface area contributed by atoms with Gasteiger partial charge >= 0.3 is 0 Å². The first-order valence-electron chi connectivity index (χ1n) is 13.3. The summed E-state index contributed by atoms with van der Waals surface area (Å²) in [6.07, 6.45) is 3.39. The number of aromatic nitrogens is 2. The summed E-state index contributed by atoms with van der Waals surface area (Å²) in [4.78, 5) is 24.7.